The first-order chi connectivity index (χ1) is 13.2. The number of carboxylic acids is 3. The van der Waals surface area contributed by atoms with Crippen molar-refractivity contribution >= 4 is 29.7 Å². The molecule has 0 rings (SSSR count). The van der Waals surface area contributed by atoms with Crippen molar-refractivity contribution in [1.29, 1.82) is 0 Å². The van der Waals surface area contributed by atoms with Crippen molar-refractivity contribution in [2.75, 3.05) is 5.75 Å². The smallest absolute Gasteiger partial charge is 0.321 e. The summed E-state index contributed by atoms with van der Waals surface area (Å²) in [4.78, 5) is 31.7. The van der Waals surface area contributed by atoms with Crippen molar-refractivity contribution < 1.29 is 34.8 Å². The molecular formula is C19H27NO7S. The number of thioether (sulfide) groups is 1. The predicted octanol–water partition coefficient (Wildman–Crippen LogP) is 1.82. The van der Waals surface area contributed by atoms with Crippen LogP contribution in [0, 0.1) is 0 Å². The van der Waals surface area contributed by atoms with Crippen LogP contribution in [0.5, 0.6) is 0 Å². The molecule has 0 amide bonds. The topological polar surface area (TPSA) is 158 Å². The van der Waals surface area contributed by atoms with E-state index in [1.807, 2.05) is 0 Å². The van der Waals surface area contributed by atoms with Gasteiger partial charge in [0.1, 0.15) is 6.04 Å². The number of aliphatic carboxylic acids is 3. The van der Waals surface area contributed by atoms with Gasteiger partial charge in [0.05, 0.1) is 12.5 Å². The van der Waals surface area contributed by atoms with Crippen molar-refractivity contribution in [3.8, 4) is 0 Å². The third kappa shape index (κ3) is 14.8. The molecule has 0 fully saturated rings. The Bertz CT molecular complexity index is 613. The quantitative estimate of drug-likeness (QED) is 0.252. The summed E-state index contributed by atoms with van der Waals surface area (Å²) in [7, 11) is 0. The third-order valence-corrected chi connectivity index (χ3v) is 4.75. The van der Waals surface area contributed by atoms with Crippen molar-refractivity contribution in [3.63, 3.8) is 0 Å². The zero-order chi connectivity index (χ0) is 21.4. The molecule has 0 unspecified atom stereocenters. The minimum atomic E-state index is -1.13. The Labute approximate surface area is 168 Å². The lowest BCUT2D eigenvalue weighted by Crippen LogP contribution is -2.34. The highest BCUT2D eigenvalue weighted by Gasteiger charge is 2.20. The van der Waals surface area contributed by atoms with Crippen LogP contribution >= 0.6 is 11.8 Å². The fourth-order valence-corrected chi connectivity index (χ4v) is 3.02. The minimum Gasteiger partial charge on any atom is -0.481 e. The van der Waals surface area contributed by atoms with Gasteiger partial charge in [0.25, 0.3) is 0 Å². The highest BCUT2D eigenvalue weighted by atomic mass is 32.2. The summed E-state index contributed by atoms with van der Waals surface area (Å²) in [5, 5.41) is 35.9. The number of allylic oxidation sites excluding steroid dienone is 6. The van der Waals surface area contributed by atoms with Gasteiger partial charge in [0, 0.05) is 17.4 Å². The minimum absolute atomic E-state index is 0.0487. The zero-order valence-corrected chi connectivity index (χ0v) is 16.2. The molecule has 0 saturated heterocycles. The second-order valence-electron chi connectivity index (χ2n) is 5.78. The fraction of sp³-hybridized carbons (Fsp3) is 0.421. The van der Waals surface area contributed by atoms with Gasteiger partial charge in [-0.1, -0.05) is 48.6 Å². The third-order valence-electron chi connectivity index (χ3n) is 3.34. The van der Waals surface area contributed by atoms with Gasteiger partial charge in [-0.25, -0.2) is 0 Å². The van der Waals surface area contributed by atoms with Crippen molar-refractivity contribution in [1.82, 2.24) is 0 Å². The van der Waals surface area contributed by atoms with Crippen LogP contribution in [0.1, 0.15) is 25.7 Å². The van der Waals surface area contributed by atoms with Crippen LogP contribution in [0.25, 0.3) is 0 Å². The van der Waals surface area contributed by atoms with Gasteiger partial charge >= 0.3 is 17.9 Å². The molecule has 0 aliphatic heterocycles. The van der Waals surface area contributed by atoms with Gasteiger partial charge in [0.2, 0.25) is 0 Å². The van der Waals surface area contributed by atoms with Gasteiger partial charge in [-0.05, 0) is 12.8 Å². The van der Waals surface area contributed by atoms with Crippen molar-refractivity contribution in [3.05, 3.63) is 48.6 Å². The number of hydrogen-bond donors (Lipinski definition) is 5. The molecule has 156 valence electrons. The highest BCUT2D eigenvalue weighted by molar-refractivity contribution is 8.00. The summed E-state index contributed by atoms with van der Waals surface area (Å²) in [6.45, 7) is 0. The largest absolute Gasteiger partial charge is 0.481 e. The molecule has 0 aromatic rings. The molecule has 0 heterocycles. The lowest BCUT2D eigenvalue weighted by molar-refractivity contribution is -0.138. The van der Waals surface area contributed by atoms with E-state index in [4.69, 9.17) is 21.1 Å². The second-order valence-corrected chi connectivity index (χ2v) is 6.99. The summed E-state index contributed by atoms with van der Waals surface area (Å²) in [5.74, 6) is -2.86. The Hall–Kier alpha value is -2.36. The average molecular weight is 413 g/mol. The maximum atomic E-state index is 10.8. The Morgan fingerprint density at radius 1 is 0.929 bits per heavy atom. The molecular weight excluding hydrogens is 386 g/mol. The molecule has 0 aliphatic carbocycles. The molecule has 9 heteroatoms. The maximum Gasteiger partial charge on any atom is 0.321 e. The number of rotatable bonds is 15. The van der Waals surface area contributed by atoms with Crippen molar-refractivity contribution in [2.24, 2.45) is 5.73 Å². The van der Waals surface area contributed by atoms with Crippen LogP contribution in [-0.4, -0.2) is 61.5 Å². The molecule has 8 nitrogen and oxygen atoms in total. The molecule has 0 radical (unpaired) electrons. The molecule has 6 N–H and O–H groups in total. The zero-order valence-electron chi connectivity index (χ0n) is 15.4. The molecule has 28 heavy (non-hydrogen) atoms. The van der Waals surface area contributed by atoms with Gasteiger partial charge in [-0.2, -0.15) is 0 Å². The van der Waals surface area contributed by atoms with Crippen LogP contribution < -0.4 is 5.73 Å². The summed E-state index contributed by atoms with van der Waals surface area (Å²) in [6.07, 6.45) is 13.0. The Balaban J connectivity index is 4.68. The monoisotopic (exact) mass is 413 g/mol. The predicted molar refractivity (Wildman–Crippen MR) is 108 cm³/mol. The number of carboxylic acid groups (broad SMARTS) is 3. The van der Waals surface area contributed by atoms with E-state index >= 15 is 0 Å². The van der Waals surface area contributed by atoms with E-state index in [0.717, 1.165) is 0 Å². The number of nitrogens with two attached hydrogens (primary N) is 1. The van der Waals surface area contributed by atoms with Crippen LogP contribution in [0.4, 0.5) is 0 Å². The molecule has 0 aromatic heterocycles. The van der Waals surface area contributed by atoms with E-state index < -0.39 is 35.3 Å². The summed E-state index contributed by atoms with van der Waals surface area (Å²) in [5.41, 5.74) is 5.49. The fourth-order valence-electron chi connectivity index (χ4n) is 1.89. The van der Waals surface area contributed by atoms with Crippen LogP contribution in [0.3, 0.4) is 0 Å². The van der Waals surface area contributed by atoms with Gasteiger partial charge in [-0.3, -0.25) is 14.4 Å². The summed E-state index contributed by atoms with van der Waals surface area (Å²) >= 11 is 1.19. The highest BCUT2D eigenvalue weighted by Crippen LogP contribution is 2.21. The molecule has 3 atom stereocenters. The number of carbonyl (C=O) groups is 3. The van der Waals surface area contributed by atoms with E-state index in [9.17, 15) is 19.5 Å². The van der Waals surface area contributed by atoms with E-state index in [1.165, 1.54) is 17.8 Å². The standard InChI is InChI=1S/C19H27NO7S/c20-14(19(26)27)13-28-16(15(21)9-8-12-18(24)25)10-6-4-2-1-3-5-7-11-17(22)23/h1-7,10,14-16,21H,8-9,11-13,20H2,(H,22,23)(H,24,25)(H,26,27)/b3-1-,4-2+,7-5?,10-6+/t14-,15-,16+/m0/s1. The molecule has 0 aliphatic rings. The molecule has 0 saturated carbocycles. The maximum absolute atomic E-state index is 10.8. The van der Waals surface area contributed by atoms with E-state index in [0.29, 0.717) is 6.42 Å². The van der Waals surface area contributed by atoms with E-state index in [-0.39, 0.29) is 25.0 Å². The second kappa shape index (κ2) is 15.7. The average Bonchev–Trinajstić information content (AvgIpc) is 2.61. The molecule has 0 spiro atoms. The number of hydrogen-bond acceptors (Lipinski definition) is 6. The van der Waals surface area contributed by atoms with Crippen LogP contribution in [0.15, 0.2) is 48.6 Å². The van der Waals surface area contributed by atoms with Gasteiger partial charge in [-0.15, -0.1) is 11.8 Å². The van der Waals surface area contributed by atoms with Gasteiger partial charge in [0.15, 0.2) is 0 Å². The summed E-state index contributed by atoms with van der Waals surface area (Å²) in [6, 6.07) is -1.05. The SMILES string of the molecule is N[C@@H](CS[C@H](/C=C/C=C/C=C\C=CCC(=O)O)[C@@H](O)CCCC(=O)O)C(=O)O. The number of aliphatic hydroxyl groups is 1. The van der Waals surface area contributed by atoms with Crippen LogP contribution in [-0.2, 0) is 14.4 Å². The first-order valence-corrected chi connectivity index (χ1v) is 9.67. The molecule has 0 aromatic carbocycles. The van der Waals surface area contributed by atoms with Crippen LogP contribution in [0.2, 0.25) is 0 Å². The summed E-state index contributed by atoms with van der Waals surface area (Å²) < 4.78 is 0. The van der Waals surface area contributed by atoms with E-state index in [2.05, 4.69) is 0 Å². The first-order valence-electron chi connectivity index (χ1n) is 8.62. The normalized spacial score (nSPS) is 15.5. The lowest BCUT2D eigenvalue weighted by atomic mass is 10.1. The first kappa shape index (κ1) is 25.6. The molecule has 0 bridgehead atoms. The lowest BCUT2D eigenvalue weighted by Gasteiger charge is -2.20. The van der Waals surface area contributed by atoms with Gasteiger partial charge < -0.3 is 26.2 Å². The van der Waals surface area contributed by atoms with Crippen molar-refractivity contribution in [2.45, 2.75) is 43.1 Å². The Morgan fingerprint density at radius 2 is 1.54 bits per heavy atom. The Morgan fingerprint density at radius 3 is 2.11 bits per heavy atom. The van der Waals surface area contributed by atoms with E-state index in [1.54, 1.807) is 42.5 Å². The Kier molecular flexibility index (Phi) is 14.4. The number of aliphatic hydroxyl groups excluding tert-OH is 1.